The fourth-order valence-electron chi connectivity index (χ4n) is 3.45. The molecular weight excluding hydrogens is 362 g/mol. The average Bonchev–Trinajstić information content (AvgIpc) is 3.30. The first-order valence-corrected chi connectivity index (χ1v) is 10.7. The molecule has 0 aliphatic rings. The van der Waals surface area contributed by atoms with E-state index in [9.17, 15) is 0 Å². The monoisotopic (exact) mass is 387 g/mol. The van der Waals surface area contributed by atoms with Gasteiger partial charge in [0, 0.05) is 18.8 Å². The molecule has 4 aromatic rings. The molecule has 0 radical (unpaired) electrons. The first-order chi connectivity index (χ1) is 13.7. The van der Waals surface area contributed by atoms with E-state index in [0.29, 0.717) is 0 Å². The number of aromatic nitrogens is 3. The molecule has 4 rings (SSSR count). The van der Waals surface area contributed by atoms with Crippen LogP contribution >= 0.6 is 11.8 Å². The van der Waals surface area contributed by atoms with Crippen LogP contribution in [0.3, 0.4) is 0 Å². The minimum atomic E-state index is 0.855. The van der Waals surface area contributed by atoms with Gasteiger partial charge in [0.15, 0.2) is 0 Å². The predicted molar refractivity (Wildman–Crippen MR) is 118 cm³/mol. The highest BCUT2D eigenvalue weighted by Gasteiger charge is 2.15. The van der Waals surface area contributed by atoms with Gasteiger partial charge in [-0.2, -0.15) is 5.10 Å². The van der Waals surface area contributed by atoms with Gasteiger partial charge < -0.3 is 4.57 Å². The second kappa shape index (κ2) is 8.53. The summed E-state index contributed by atoms with van der Waals surface area (Å²) < 4.78 is 4.52. The number of thioether (sulfide) groups is 1. The molecule has 142 valence electrons. The van der Waals surface area contributed by atoms with Gasteiger partial charge in [0.05, 0.1) is 22.1 Å². The van der Waals surface area contributed by atoms with Crippen molar-refractivity contribution in [1.82, 2.24) is 14.3 Å². The summed E-state index contributed by atoms with van der Waals surface area (Å²) in [4.78, 5) is 0. The molecular formula is C24H25N3S. The maximum atomic E-state index is 4.65. The van der Waals surface area contributed by atoms with E-state index in [1.807, 2.05) is 11.8 Å². The Morgan fingerprint density at radius 1 is 0.821 bits per heavy atom. The van der Waals surface area contributed by atoms with Crippen LogP contribution in [0.25, 0.3) is 11.4 Å². The lowest BCUT2D eigenvalue weighted by molar-refractivity contribution is 0.650. The summed E-state index contributed by atoms with van der Waals surface area (Å²) in [6, 6.07) is 28.0. The van der Waals surface area contributed by atoms with Crippen LogP contribution in [0.2, 0.25) is 0 Å². The Morgan fingerprint density at radius 2 is 1.50 bits per heavy atom. The van der Waals surface area contributed by atoms with Crippen molar-refractivity contribution in [3.8, 4) is 11.4 Å². The van der Waals surface area contributed by atoms with Crippen molar-refractivity contribution in [3.05, 3.63) is 95.7 Å². The molecule has 2 heterocycles. The van der Waals surface area contributed by atoms with Crippen LogP contribution in [0.4, 0.5) is 0 Å². The summed E-state index contributed by atoms with van der Waals surface area (Å²) in [6.45, 7) is 5.93. The molecule has 0 amide bonds. The second-order valence-electron chi connectivity index (χ2n) is 6.89. The number of benzene rings is 2. The van der Waals surface area contributed by atoms with Crippen LogP contribution in [0.15, 0.2) is 83.9 Å². The molecule has 0 saturated heterocycles. The number of hydrogen-bond acceptors (Lipinski definition) is 2. The molecule has 28 heavy (non-hydrogen) atoms. The minimum Gasteiger partial charge on any atom is -0.330 e. The Balaban J connectivity index is 1.70. The molecule has 0 saturated carbocycles. The molecule has 2 aromatic carbocycles. The molecule has 4 heteroatoms. The molecule has 0 spiro atoms. The van der Waals surface area contributed by atoms with Crippen molar-refractivity contribution in [2.75, 3.05) is 0 Å². The Labute approximate surface area is 171 Å². The highest BCUT2D eigenvalue weighted by atomic mass is 32.2. The maximum Gasteiger partial charge on any atom is 0.0849 e. The zero-order valence-electron chi connectivity index (χ0n) is 16.4. The Hall–Kier alpha value is -2.72. The fourth-order valence-corrected chi connectivity index (χ4v) is 4.44. The van der Waals surface area contributed by atoms with Crippen LogP contribution in [-0.4, -0.2) is 14.3 Å². The van der Waals surface area contributed by atoms with Crippen LogP contribution < -0.4 is 0 Å². The normalized spacial score (nSPS) is 11.1. The molecule has 0 aliphatic carbocycles. The van der Waals surface area contributed by atoms with Crippen LogP contribution in [0, 0.1) is 6.92 Å². The first-order valence-electron chi connectivity index (χ1n) is 9.69. The lowest BCUT2D eigenvalue weighted by Crippen LogP contribution is -2.07. The SMILES string of the molecule is CCn1nc(C)cc1-c1ccc(SCc2ccccc2)n1Cc1ccccc1. The fraction of sp³-hybridized carbons (Fsp3) is 0.208. The van der Waals surface area contributed by atoms with E-state index >= 15 is 0 Å². The van der Waals surface area contributed by atoms with Gasteiger partial charge in [-0.3, -0.25) is 4.68 Å². The molecule has 0 N–H and O–H groups in total. The minimum absolute atomic E-state index is 0.855. The summed E-state index contributed by atoms with van der Waals surface area (Å²) >= 11 is 1.89. The summed E-state index contributed by atoms with van der Waals surface area (Å²) in [5.74, 6) is 0.963. The molecule has 0 aliphatic heterocycles. The smallest absolute Gasteiger partial charge is 0.0849 e. The predicted octanol–water partition coefficient (Wildman–Crippen LogP) is 6.02. The number of aryl methyl sites for hydroxylation is 2. The molecule has 3 nitrogen and oxygen atoms in total. The van der Waals surface area contributed by atoms with Crippen LogP contribution in [0.1, 0.15) is 23.7 Å². The Bertz CT molecular complexity index is 1030. The van der Waals surface area contributed by atoms with E-state index in [0.717, 1.165) is 24.5 Å². The van der Waals surface area contributed by atoms with E-state index in [1.165, 1.54) is 27.5 Å². The van der Waals surface area contributed by atoms with E-state index in [4.69, 9.17) is 0 Å². The van der Waals surface area contributed by atoms with Crippen molar-refractivity contribution in [2.45, 2.75) is 37.7 Å². The molecule has 0 bridgehead atoms. The number of nitrogens with zero attached hydrogens (tertiary/aromatic N) is 3. The Kier molecular flexibility index (Phi) is 5.68. The van der Waals surface area contributed by atoms with Crippen molar-refractivity contribution in [3.63, 3.8) is 0 Å². The van der Waals surface area contributed by atoms with Gasteiger partial charge in [0.25, 0.3) is 0 Å². The van der Waals surface area contributed by atoms with E-state index in [-0.39, 0.29) is 0 Å². The summed E-state index contributed by atoms with van der Waals surface area (Å²) in [5, 5.41) is 5.93. The molecule has 0 unspecified atom stereocenters. The quantitative estimate of drug-likeness (QED) is 0.362. The first kappa shape index (κ1) is 18.6. The van der Waals surface area contributed by atoms with Crippen molar-refractivity contribution >= 4 is 11.8 Å². The van der Waals surface area contributed by atoms with Crippen molar-refractivity contribution < 1.29 is 0 Å². The average molecular weight is 388 g/mol. The third kappa shape index (κ3) is 4.07. The van der Waals surface area contributed by atoms with E-state index in [1.54, 1.807) is 0 Å². The lowest BCUT2D eigenvalue weighted by Gasteiger charge is -2.14. The third-order valence-electron chi connectivity index (χ3n) is 4.82. The maximum absolute atomic E-state index is 4.65. The highest BCUT2D eigenvalue weighted by Crippen LogP contribution is 2.31. The summed E-state index contributed by atoms with van der Waals surface area (Å²) in [6.07, 6.45) is 0. The number of hydrogen-bond donors (Lipinski definition) is 0. The Morgan fingerprint density at radius 3 is 2.18 bits per heavy atom. The van der Waals surface area contributed by atoms with Gasteiger partial charge >= 0.3 is 0 Å². The lowest BCUT2D eigenvalue weighted by atomic mass is 10.2. The van der Waals surface area contributed by atoms with Gasteiger partial charge in [-0.1, -0.05) is 60.7 Å². The van der Waals surface area contributed by atoms with Gasteiger partial charge in [-0.15, -0.1) is 11.8 Å². The summed E-state index contributed by atoms with van der Waals surface area (Å²) in [5.41, 5.74) is 6.11. The molecule has 0 fully saturated rings. The van der Waals surface area contributed by atoms with Gasteiger partial charge in [-0.05, 0) is 43.2 Å². The second-order valence-corrected chi connectivity index (χ2v) is 7.89. The zero-order valence-corrected chi connectivity index (χ0v) is 17.2. The van der Waals surface area contributed by atoms with Crippen molar-refractivity contribution in [1.29, 1.82) is 0 Å². The van der Waals surface area contributed by atoms with Gasteiger partial charge in [0.1, 0.15) is 0 Å². The largest absolute Gasteiger partial charge is 0.330 e. The standard InChI is InChI=1S/C24H25N3S/c1-3-27-23(16-19(2)25-27)22-14-15-24(28-18-21-12-8-5-9-13-21)26(22)17-20-10-6-4-7-11-20/h4-16H,3,17-18H2,1-2H3. The number of rotatable bonds is 7. The molecule has 2 aromatic heterocycles. The van der Waals surface area contributed by atoms with Gasteiger partial charge in [-0.25, -0.2) is 0 Å². The zero-order chi connectivity index (χ0) is 19.3. The van der Waals surface area contributed by atoms with E-state index < -0.39 is 0 Å². The van der Waals surface area contributed by atoms with Gasteiger partial charge in [0.2, 0.25) is 0 Å². The van der Waals surface area contributed by atoms with Crippen molar-refractivity contribution in [2.24, 2.45) is 0 Å². The third-order valence-corrected chi connectivity index (χ3v) is 5.95. The topological polar surface area (TPSA) is 22.8 Å². The van der Waals surface area contributed by atoms with E-state index in [2.05, 4.69) is 107 Å². The summed E-state index contributed by atoms with van der Waals surface area (Å²) in [7, 11) is 0. The molecule has 0 atom stereocenters. The van der Waals surface area contributed by atoms with Crippen LogP contribution in [0.5, 0.6) is 0 Å². The highest BCUT2D eigenvalue weighted by molar-refractivity contribution is 7.98. The van der Waals surface area contributed by atoms with Crippen LogP contribution in [-0.2, 0) is 18.8 Å².